The van der Waals surface area contributed by atoms with Gasteiger partial charge in [-0.05, 0) is 12.8 Å². The van der Waals surface area contributed by atoms with Crippen LogP contribution in [0.4, 0.5) is 11.6 Å². The Morgan fingerprint density at radius 3 is 2.60 bits per heavy atom. The molecule has 0 atom stereocenters. The number of anilines is 2. The van der Waals surface area contributed by atoms with Crippen molar-refractivity contribution < 1.29 is 5.11 Å². The quantitative estimate of drug-likeness (QED) is 0.683. The van der Waals surface area contributed by atoms with Gasteiger partial charge in [0.2, 0.25) is 0 Å². The van der Waals surface area contributed by atoms with Crippen LogP contribution in [-0.4, -0.2) is 27.2 Å². The maximum absolute atomic E-state index is 9.42. The molecule has 0 amide bonds. The Labute approximate surface area is 88.7 Å². The molecule has 4 N–H and O–H groups in total. The average Bonchev–Trinajstić information content (AvgIpc) is 2.71. The van der Waals surface area contributed by atoms with E-state index in [2.05, 4.69) is 15.3 Å². The summed E-state index contributed by atoms with van der Waals surface area (Å²) in [4.78, 5) is 8.08. The largest absolute Gasteiger partial charge is 0.394 e. The molecule has 0 bridgehead atoms. The maximum Gasteiger partial charge on any atom is 0.169 e. The van der Waals surface area contributed by atoms with Crippen LogP contribution >= 0.6 is 0 Å². The van der Waals surface area contributed by atoms with Crippen molar-refractivity contribution in [2.24, 2.45) is 0 Å². The second kappa shape index (κ2) is 4.02. The normalized spacial score (nSPS) is 19.0. The first-order valence-electron chi connectivity index (χ1n) is 5.21. The number of aliphatic hydroxyl groups excluding tert-OH is 1. The molecule has 0 spiro atoms. The summed E-state index contributed by atoms with van der Waals surface area (Å²) in [5.41, 5.74) is 5.45. The molecule has 1 saturated carbocycles. The Morgan fingerprint density at radius 1 is 1.33 bits per heavy atom. The van der Waals surface area contributed by atoms with Gasteiger partial charge < -0.3 is 16.2 Å². The number of rotatable bonds is 3. The lowest BCUT2D eigenvalue weighted by atomic mass is 9.99. The number of nitrogens with zero attached hydrogens (tertiary/aromatic N) is 2. The topological polar surface area (TPSA) is 84.1 Å². The minimum absolute atomic E-state index is 0.114. The van der Waals surface area contributed by atoms with Crippen molar-refractivity contribution in [3.8, 4) is 0 Å². The molecule has 82 valence electrons. The van der Waals surface area contributed by atoms with E-state index in [0.717, 1.165) is 25.7 Å². The van der Waals surface area contributed by atoms with E-state index in [-0.39, 0.29) is 12.1 Å². The van der Waals surface area contributed by atoms with Gasteiger partial charge in [0.05, 0.1) is 12.1 Å². The molecule has 1 aromatic heterocycles. The Hall–Kier alpha value is -1.36. The van der Waals surface area contributed by atoms with E-state index in [9.17, 15) is 5.11 Å². The number of hydrogen-bond donors (Lipinski definition) is 3. The molecule has 1 aliphatic rings. The maximum atomic E-state index is 9.42. The molecule has 15 heavy (non-hydrogen) atoms. The fraction of sp³-hybridized carbons (Fsp3) is 0.600. The van der Waals surface area contributed by atoms with Gasteiger partial charge in [0.1, 0.15) is 0 Å². The molecule has 1 heterocycles. The van der Waals surface area contributed by atoms with Crippen LogP contribution in [0.5, 0.6) is 0 Å². The first kappa shape index (κ1) is 10.2. The molecule has 1 aromatic rings. The standard InChI is InChI=1S/C10H16N4O/c11-8-9(13-6-5-12-8)14-10(7-15)3-1-2-4-10/h5-6,15H,1-4,7H2,(H2,11,12)(H,13,14). The van der Waals surface area contributed by atoms with Gasteiger partial charge >= 0.3 is 0 Å². The van der Waals surface area contributed by atoms with E-state index in [1.165, 1.54) is 0 Å². The van der Waals surface area contributed by atoms with E-state index < -0.39 is 0 Å². The van der Waals surface area contributed by atoms with Crippen LogP contribution in [0.25, 0.3) is 0 Å². The lowest BCUT2D eigenvalue weighted by Crippen LogP contribution is -2.39. The molecule has 0 radical (unpaired) electrons. The zero-order chi connectivity index (χ0) is 10.7. The Kier molecular flexibility index (Phi) is 2.73. The van der Waals surface area contributed by atoms with Crippen LogP contribution in [0.15, 0.2) is 12.4 Å². The Balaban J connectivity index is 2.16. The van der Waals surface area contributed by atoms with Crippen LogP contribution in [0.1, 0.15) is 25.7 Å². The Morgan fingerprint density at radius 2 is 2.00 bits per heavy atom. The molecular formula is C10H16N4O. The highest BCUT2D eigenvalue weighted by atomic mass is 16.3. The zero-order valence-corrected chi connectivity index (χ0v) is 8.61. The van der Waals surface area contributed by atoms with Crippen molar-refractivity contribution in [3.63, 3.8) is 0 Å². The average molecular weight is 208 g/mol. The number of hydrogen-bond acceptors (Lipinski definition) is 5. The molecule has 1 fully saturated rings. The highest BCUT2D eigenvalue weighted by Crippen LogP contribution is 2.32. The first-order valence-corrected chi connectivity index (χ1v) is 5.21. The second-order valence-corrected chi connectivity index (χ2v) is 4.06. The summed E-state index contributed by atoms with van der Waals surface area (Å²) in [5, 5.41) is 12.6. The third kappa shape index (κ3) is 2.02. The van der Waals surface area contributed by atoms with Crippen LogP contribution in [-0.2, 0) is 0 Å². The summed E-state index contributed by atoms with van der Waals surface area (Å²) in [6.45, 7) is 0.114. The van der Waals surface area contributed by atoms with Crippen molar-refractivity contribution in [1.29, 1.82) is 0 Å². The van der Waals surface area contributed by atoms with Gasteiger partial charge in [0, 0.05) is 12.4 Å². The fourth-order valence-corrected chi connectivity index (χ4v) is 2.07. The van der Waals surface area contributed by atoms with Crippen LogP contribution in [0.2, 0.25) is 0 Å². The minimum Gasteiger partial charge on any atom is -0.394 e. The summed E-state index contributed by atoms with van der Waals surface area (Å²) in [5.74, 6) is 0.964. The summed E-state index contributed by atoms with van der Waals surface area (Å²) >= 11 is 0. The third-order valence-electron chi connectivity index (χ3n) is 2.97. The van der Waals surface area contributed by atoms with E-state index >= 15 is 0 Å². The van der Waals surface area contributed by atoms with Crippen molar-refractivity contribution in [1.82, 2.24) is 9.97 Å². The highest BCUT2D eigenvalue weighted by molar-refractivity contribution is 5.56. The molecule has 0 aliphatic heterocycles. The lowest BCUT2D eigenvalue weighted by molar-refractivity contribution is 0.214. The summed E-state index contributed by atoms with van der Waals surface area (Å²) < 4.78 is 0. The molecule has 1 aliphatic carbocycles. The summed E-state index contributed by atoms with van der Waals surface area (Å²) in [6.07, 6.45) is 7.33. The van der Waals surface area contributed by atoms with Crippen molar-refractivity contribution >= 4 is 11.6 Å². The summed E-state index contributed by atoms with van der Waals surface area (Å²) in [7, 11) is 0. The van der Waals surface area contributed by atoms with Gasteiger partial charge in [0.25, 0.3) is 0 Å². The van der Waals surface area contributed by atoms with Gasteiger partial charge in [0.15, 0.2) is 11.6 Å². The fourth-order valence-electron chi connectivity index (χ4n) is 2.07. The number of aliphatic hydroxyl groups is 1. The third-order valence-corrected chi connectivity index (χ3v) is 2.97. The predicted octanol–water partition coefficient (Wildman–Crippen LogP) is 0.776. The van der Waals surface area contributed by atoms with E-state index in [1.54, 1.807) is 12.4 Å². The molecule has 0 saturated heterocycles. The van der Waals surface area contributed by atoms with Crippen molar-refractivity contribution in [2.75, 3.05) is 17.7 Å². The van der Waals surface area contributed by atoms with Gasteiger partial charge in [-0.2, -0.15) is 0 Å². The smallest absolute Gasteiger partial charge is 0.169 e. The van der Waals surface area contributed by atoms with Gasteiger partial charge in [-0.15, -0.1) is 0 Å². The van der Waals surface area contributed by atoms with Gasteiger partial charge in [-0.25, -0.2) is 9.97 Å². The first-order chi connectivity index (χ1) is 7.26. The number of aromatic nitrogens is 2. The molecule has 0 unspecified atom stereocenters. The van der Waals surface area contributed by atoms with E-state index in [0.29, 0.717) is 11.6 Å². The van der Waals surface area contributed by atoms with Crippen molar-refractivity contribution in [2.45, 2.75) is 31.2 Å². The van der Waals surface area contributed by atoms with Crippen molar-refractivity contribution in [3.05, 3.63) is 12.4 Å². The molecule has 0 aromatic carbocycles. The van der Waals surface area contributed by atoms with Gasteiger partial charge in [-0.1, -0.05) is 12.8 Å². The van der Waals surface area contributed by atoms with Gasteiger partial charge in [-0.3, -0.25) is 0 Å². The lowest BCUT2D eigenvalue weighted by Gasteiger charge is -2.28. The number of nitrogen functional groups attached to an aromatic ring is 1. The molecular weight excluding hydrogens is 192 g/mol. The summed E-state index contributed by atoms with van der Waals surface area (Å²) in [6, 6.07) is 0. The Bertz CT molecular complexity index is 336. The van der Waals surface area contributed by atoms with Crippen LogP contribution in [0, 0.1) is 0 Å². The molecule has 5 nitrogen and oxygen atoms in total. The van der Waals surface area contributed by atoms with E-state index in [1.807, 2.05) is 0 Å². The highest BCUT2D eigenvalue weighted by Gasteiger charge is 2.33. The van der Waals surface area contributed by atoms with Crippen LogP contribution < -0.4 is 11.1 Å². The van der Waals surface area contributed by atoms with E-state index in [4.69, 9.17) is 5.73 Å². The second-order valence-electron chi connectivity index (χ2n) is 4.06. The molecule has 2 rings (SSSR count). The predicted molar refractivity (Wildman–Crippen MR) is 58.4 cm³/mol. The number of nitrogens with two attached hydrogens (primary N) is 1. The number of nitrogens with one attached hydrogen (secondary N) is 1. The SMILES string of the molecule is Nc1nccnc1NC1(CO)CCCC1. The monoisotopic (exact) mass is 208 g/mol. The van der Waals surface area contributed by atoms with Crippen LogP contribution in [0.3, 0.4) is 0 Å². The minimum atomic E-state index is -0.246. The zero-order valence-electron chi connectivity index (χ0n) is 8.61. The molecule has 5 heteroatoms.